The van der Waals surface area contributed by atoms with Gasteiger partial charge in [0, 0.05) is 13.1 Å². The van der Waals surface area contributed by atoms with Gasteiger partial charge in [-0.25, -0.2) is 0 Å². The van der Waals surface area contributed by atoms with Crippen LogP contribution in [-0.2, 0) is 22.6 Å². The number of nitrogens with one attached hydrogen (secondary N) is 1. The van der Waals surface area contributed by atoms with Crippen LogP contribution in [0.5, 0.6) is 0 Å². The highest BCUT2D eigenvalue weighted by molar-refractivity contribution is 5.80. The lowest BCUT2D eigenvalue weighted by atomic mass is 9.94. The number of fused-ring (bicyclic) bond motifs is 1. The van der Waals surface area contributed by atoms with Crippen LogP contribution in [0.3, 0.4) is 0 Å². The number of nitriles is 1. The fraction of sp³-hybridized carbons (Fsp3) is 0.400. The maximum absolute atomic E-state index is 11.8. The predicted molar refractivity (Wildman–Crippen MR) is 75.2 cm³/mol. The van der Waals surface area contributed by atoms with E-state index >= 15 is 0 Å². The molecule has 0 saturated heterocycles. The number of benzene rings is 1. The Morgan fingerprint density at radius 2 is 2.10 bits per heavy atom. The van der Waals surface area contributed by atoms with Gasteiger partial charge in [-0.15, -0.1) is 0 Å². The standard InChI is InChI=1S/C15H17N3O3/c16-6-3-7-17-14(19)10-18-9-12-5-2-1-4-11(12)8-13(18)15(20)21/h1-2,4-5,13H,3,7-10H2,(H,17,19)(H,20,21)/t13-/m0/s1. The third kappa shape index (κ3) is 3.80. The second-order valence-electron chi connectivity index (χ2n) is 4.99. The molecule has 2 rings (SSSR count). The monoisotopic (exact) mass is 287 g/mol. The van der Waals surface area contributed by atoms with E-state index in [9.17, 15) is 14.7 Å². The van der Waals surface area contributed by atoms with Gasteiger partial charge in [-0.1, -0.05) is 24.3 Å². The lowest BCUT2D eigenvalue weighted by molar-refractivity contribution is -0.144. The van der Waals surface area contributed by atoms with Gasteiger partial charge in [0.05, 0.1) is 19.0 Å². The van der Waals surface area contributed by atoms with Gasteiger partial charge in [-0.05, 0) is 17.5 Å². The number of nitrogens with zero attached hydrogens (tertiary/aromatic N) is 2. The molecule has 0 unspecified atom stereocenters. The van der Waals surface area contributed by atoms with Gasteiger partial charge in [0.25, 0.3) is 0 Å². The van der Waals surface area contributed by atoms with E-state index in [1.165, 1.54) is 0 Å². The van der Waals surface area contributed by atoms with E-state index in [1.54, 1.807) is 4.90 Å². The molecule has 1 aliphatic rings. The molecule has 0 radical (unpaired) electrons. The SMILES string of the molecule is N#CCCNC(=O)CN1Cc2ccccc2C[C@H]1C(=O)O. The molecule has 1 amide bonds. The Bertz CT molecular complexity index is 580. The third-order valence-electron chi connectivity index (χ3n) is 3.54. The number of hydrogen-bond donors (Lipinski definition) is 2. The average Bonchev–Trinajstić information content (AvgIpc) is 2.46. The summed E-state index contributed by atoms with van der Waals surface area (Å²) in [6, 6.07) is 8.93. The number of hydrogen-bond acceptors (Lipinski definition) is 4. The molecule has 6 heteroatoms. The maximum Gasteiger partial charge on any atom is 0.321 e. The Morgan fingerprint density at radius 3 is 2.76 bits per heavy atom. The number of rotatable bonds is 5. The fourth-order valence-corrected chi connectivity index (χ4v) is 2.49. The number of carboxylic acid groups (broad SMARTS) is 1. The lowest BCUT2D eigenvalue weighted by Gasteiger charge is -2.33. The zero-order valence-electron chi connectivity index (χ0n) is 11.6. The number of carbonyl (C=O) groups is 2. The van der Waals surface area contributed by atoms with Crippen LogP contribution < -0.4 is 5.32 Å². The van der Waals surface area contributed by atoms with E-state index < -0.39 is 12.0 Å². The van der Waals surface area contributed by atoms with Crippen molar-refractivity contribution in [2.24, 2.45) is 0 Å². The molecule has 6 nitrogen and oxygen atoms in total. The molecule has 1 heterocycles. The van der Waals surface area contributed by atoms with Gasteiger partial charge in [0.2, 0.25) is 5.91 Å². The first-order chi connectivity index (χ1) is 10.1. The normalized spacial score (nSPS) is 17.6. The Morgan fingerprint density at radius 1 is 1.38 bits per heavy atom. The molecule has 1 aliphatic heterocycles. The Labute approximate surface area is 123 Å². The zero-order valence-corrected chi connectivity index (χ0v) is 11.6. The molecule has 21 heavy (non-hydrogen) atoms. The molecule has 0 aromatic heterocycles. The van der Waals surface area contributed by atoms with Crippen LogP contribution in [0.2, 0.25) is 0 Å². The van der Waals surface area contributed by atoms with Crippen LogP contribution in [0.1, 0.15) is 17.5 Å². The minimum atomic E-state index is -0.922. The summed E-state index contributed by atoms with van der Waals surface area (Å²) in [5.41, 5.74) is 2.07. The Kier molecular flexibility index (Phi) is 4.90. The smallest absolute Gasteiger partial charge is 0.321 e. The first kappa shape index (κ1) is 15.0. The molecule has 0 fully saturated rings. The van der Waals surface area contributed by atoms with Gasteiger partial charge in [0.1, 0.15) is 6.04 Å². The van der Waals surface area contributed by atoms with Crippen molar-refractivity contribution < 1.29 is 14.7 Å². The van der Waals surface area contributed by atoms with Gasteiger partial charge >= 0.3 is 5.97 Å². The molecule has 110 valence electrons. The van der Waals surface area contributed by atoms with Crippen molar-refractivity contribution in [1.82, 2.24) is 10.2 Å². The Balaban J connectivity index is 2.05. The van der Waals surface area contributed by atoms with Gasteiger partial charge in [-0.3, -0.25) is 14.5 Å². The van der Waals surface area contributed by atoms with Crippen LogP contribution in [0.4, 0.5) is 0 Å². The predicted octanol–water partition coefficient (Wildman–Crippen LogP) is 0.528. The van der Waals surface area contributed by atoms with Crippen LogP contribution in [0, 0.1) is 11.3 Å². The summed E-state index contributed by atoms with van der Waals surface area (Å²) in [6.45, 7) is 0.757. The van der Waals surface area contributed by atoms with E-state index in [0.717, 1.165) is 11.1 Å². The van der Waals surface area contributed by atoms with Crippen LogP contribution in [0.25, 0.3) is 0 Å². The molecule has 1 atom stereocenters. The average molecular weight is 287 g/mol. The number of carbonyl (C=O) groups excluding carboxylic acids is 1. The summed E-state index contributed by atoms with van der Waals surface area (Å²) < 4.78 is 0. The fourth-order valence-electron chi connectivity index (χ4n) is 2.49. The van der Waals surface area contributed by atoms with Crippen molar-refractivity contribution in [3.05, 3.63) is 35.4 Å². The molecule has 0 aliphatic carbocycles. The quantitative estimate of drug-likeness (QED) is 0.770. The van der Waals surface area contributed by atoms with Crippen LogP contribution in [-0.4, -0.2) is 41.0 Å². The summed E-state index contributed by atoms with van der Waals surface area (Å²) in [4.78, 5) is 24.9. The topological polar surface area (TPSA) is 93.4 Å². The highest BCUT2D eigenvalue weighted by atomic mass is 16.4. The summed E-state index contributed by atoms with van der Waals surface area (Å²) in [5, 5.41) is 20.4. The summed E-state index contributed by atoms with van der Waals surface area (Å²) >= 11 is 0. The molecule has 1 aromatic carbocycles. The van der Waals surface area contributed by atoms with E-state index in [1.807, 2.05) is 30.3 Å². The van der Waals surface area contributed by atoms with Crippen LogP contribution >= 0.6 is 0 Å². The highest BCUT2D eigenvalue weighted by Crippen LogP contribution is 2.23. The van der Waals surface area contributed by atoms with Crippen molar-refractivity contribution in [3.8, 4) is 6.07 Å². The summed E-state index contributed by atoms with van der Waals surface area (Å²) in [7, 11) is 0. The first-order valence-electron chi connectivity index (χ1n) is 6.79. The number of aliphatic carboxylic acids is 1. The molecular formula is C15H17N3O3. The molecule has 0 bridgehead atoms. The number of carboxylic acids is 1. The van der Waals surface area contributed by atoms with Crippen molar-refractivity contribution in [1.29, 1.82) is 5.26 Å². The van der Waals surface area contributed by atoms with E-state index in [-0.39, 0.29) is 25.4 Å². The van der Waals surface area contributed by atoms with Crippen molar-refractivity contribution >= 4 is 11.9 Å². The van der Waals surface area contributed by atoms with Gasteiger partial charge < -0.3 is 10.4 Å². The largest absolute Gasteiger partial charge is 0.480 e. The maximum atomic E-state index is 11.8. The molecular weight excluding hydrogens is 270 g/mol. The summed E-state index contributed by atoms with van der Waals surface area (Å²) in [6.07, 6.45) is 0.647. The lowest BCUT2D eigenvalue weighted by Crippen LogP contribution is -2.49. The van der Waals surface area contributed by atoms with Crippen molar-refractivity contribution in [2.75, 3.05) is 13.1 Å². The zero-order chi connectivity index (χ0) is 15.2. The summed E-state index contributed by atoms with van der Waals surface area (Å²) in [5.74, 6) is -1.18. The number of amides is 1. The third-order valence-corrected chi connectivity index (χ3v) is 3.54. The van der Waals surface area contributed by atoms with E-state index in [2.05, 4.69) is 5.32 Å². The highest BCUT2D eigenvalue weighted by Gasteiger charge is 2.32. The van der Waals surface area contributed by atoms with Gasteiger partial charge in [-0.2, -0.15) is 5.26 Å². The van der Waals surface area contributed by atoms with Crippen molar-refractivity contribution in [3.63, 3.8) is 0 Å². The Hall–Kier alpha value is -2.39. The molecule has 0 spiro atoms. The van der Waals surface area contributed by atoms with Crippen molar-refractivity contribution in [2.45, 2.75) is 25.4 Å². The van der Waals surface area contributed by atoms with Crippen LogP contribution in [0.15, 0.2) is 24.3 Å². The molecule has 2 N–H and O–H groups in total. The van der Waals surface area contributed by atoms with Gasteiger partial charge in [0.15, 0.2) is 0 Å². The molecule has 0 saturated carbocycles. The van der Waals surface area contributed by atoms with E-state index in [0.29, 0.717) is 13.0 Å². The molecule has 1 aromatic rings. The minimum Gasteiger partial charge on any atom is -0.480 e. The minimum absolute atomic E-state index is 0.0245. The second kappa shape index (κ2) is 6.86. The second-order valence-corrected chi connectivity index (χ2v) is 4.99. The first-order valence-corrected chi connectivity index (χ1v) is 6.79. The van der Waals surface area contributed by atoms with E-state index in [4.69, 9.17) is 5.26 Å².